The molecule has 2 atom stereocenters. The molecule has 0 spiro atoms. The molecule has 0 aliphatic rings. The zero-order valence-corrected chi connectivity index (χ0v) is 11.1. The molecule has 0 amide bonds. The molecule has 1 aromatic rings. The molecule has 0 aliphatic carbocycles. The fraction of sp³-hybridized carbons (Fsp3) is 0.429. The lowest BCUT2D eigenvalue weighted by Crippen LogP contribution is -2.12. The van der Waals surface area contributed by atoms with Gasteiger partial charge in [0, 0.05) is 0 Å². The number of rotatable bonds is 4. The molecule has 0 aliphatic heterocycles. The summed E-state index contributed by atoms with van der Waals surface area (Å²) in [4.78, 5) is 22.8. The molecule has 0 heterocycles. The standard InChI is InChI=1S/C14H18O4/c1-9(13(15)17-3)11-5-7-12(8-6-11)10(2)14(16)18-4/h5-10H,1-4H3. The Hall–Kier alpha value is -1.84. The molecule has 0 fully saturated rings. The van der Waals surface area contributed by atoms with Crippen LogP contribution in [0.25, 0.3) is 0 Å². The summed E-state index contributed by atoms with van der Waals surface area (Å²) in [6, 6.07) is 7.32. The molecule has 98 valence electrons. The third kappa shape index (κ3) is 3.09. The first kappa shape index (κ1) is 14.2. The van der Waals surface area contributed by atoms with Crippen molar-refractivity contribution in [1.82, 2.24) is 0 Å². The smallest absolute Gasteiger partial charge is 0.312 e. The van der Waals surface area contributed by atoms with E-state index in [2.05, 4.69) is 9.47 Å². The molecule has 0 radical (unpaired) electrons. The maximum atomic E-state index is 11.4. The number of benzene rings is 1. The average molecular weight is 250 g/mol. The Morgan fingerprint density at radius 2 is 1.11 bits per heavy atom. The van der Waals surface area contributed by atoms with Gasteiger partial charge in [-0.05, 0) is 25.0 Å². The maximum Gasteiger partial charge on any atom is 0.312 e. The number of carbonyl (C=O) groups excluding carboxylic acids is 2. The molecule has 0 saturated heterocycles. The van der Waals surface area contributed by atoms with E-state index in [0.717, 1.165) is 11.1 Å². The highest BCUT2D eigenvalue weighted by molar-refractivity contribution is 5.79. The van der Waals surface area contributed by atoms with Crippen LogP contribution in [0.3, 0.4) is 0 Å². The highest BCUT2D eigenvalue weighted by Gasteiger charge is 2.18. The van der Waals surface area contributed by atoms with Crippen molar-refractivity contribution >= 4 is 11.9 Å². The fourth-order valence-electron chi connectivity index (χ4n) is 1.70. The number of methoxy groups -OCH3 is 2. The van der Waals surface area contributed by atoms with Gasteiger partial charge < -0.3 is 9.47 Å². The van der Waals surface area contributed by atoms with Crippen LogP contribution in [0.4, 0.5) is 0 Å². The Kier molecular flexibility index (Phi) is 4.89. The predicted octanol–water partition coefficient (Wildman–Crippen LogP) is 2.24. The van der Waals surface area contributed by atoms with E-state index in [9.17, 15) is 9.59 Å². The van der Waals surface area contributed by atoms with Crippen molar-refractivity contribution in [2.45, 2.75) is 25.7 Å². The lowest BCUT2D eigenvalue weighted by molar-refractivity contribution is -0.142. The third-order valence-corrected chi connectivity index (χ3v) is 3.05. The summed E-state index contributed by atoms with van der Waals surface area (Å²) < 4.78 is 9.37. The van der Waals surface area contributed by atoms with Crippen molar-refractivity contribution in [1.29, 1.82) is 0 Å². The van der Waals surface area contributed by atoms with Gasteiger partial charge in [-0.3, -0.25) is 9.59 Å². The van der Waals surface area contributed by atoms with Gasteiger partial charge in [-0.25, -0.2) is 0 Å². The zero-order chi connectivity index (χ0) is 13.7. The van der Waals surface area contributed by atoms with E-state index in [0.29, 0.717) is 0 Å². The minimum Gasteiger partial charge on any atom is -0.469 e. The second-order valence-electron chi connectivity index (χ2n) is 4.16. The Morgan fingerprint density at radius 3 is 1.33 bits per heavy atom. The molecule has 1 rings (SSSR count). The van der Waals surface area contributed by atoms with E-state index in [1.54, 1.807) is 13.8 Å². The number of esters is 2. The minimum atomic E-state index is -0.308. The van der Waals surface area contributed by atoms with Gasteiger partial charge in [-0.15, -0.1) is 0 Å². The van der Waals surface area contributed by atoms with Crippen LogP contribution in [0.2, 0.25) is 0 Å². The summed E-state index contributed by atoms with van der Waals surface area (Å²) in [6.45, 7) is 3.56. The van der Waals surface area contributed by atoms with E-state index < -0.39 is 0 Å². The van der Waals surface area contributed by atoms with Crippen LogP contribution in [0.5, 0.6) is 0 Å². The number of hydrogen-bond acceptors (Lipinski definition) is 4. The van der Waals surface area contributed by atoms with Crippen LogP contribution in [0.1, 0.15) is 36.8 Å². The van der Waals surface area contributed by atoms with Crippen LogP contribution in [-0.4, -0.2) is 26.2 Å². The van der Waals surface area contributed by atoms with E-state index >= 15 is 0 Å². The van der Waals surface area contributed by atoms with Crippen LogP contribution in [-0.2, 0) is 19.1 Å². The predicted molar refractivity (Wildman–Crippen MR) is 67.3 cm³/mol. The van der Waals surface area contributed by atoms with Crippen LogP contribution in [0, 0.1) is 0 Å². The van der Waals surface area contributed by atoms with Crippen molar-refractivity contribution in [3.8, 4) is 0 Å². The zero-order valence-electron chi connectivity index (χ0n) is 11.1. The average Bonchev–Trinajstić information content (AvgIpc) is 2.44. The Balaban J connectivity index is 2.86. The van der Waals surface area contributed by atoms with Crippen LogP contribution in [0.15, 0.2) is 24.3 Å². The summed E-state index contributed by atoms with van der Waals surface area (Å²) in [5, 5.41) is 0. The lowest BCUT2D eigenvalue weighted by atomic mass is 9.95. The summed E-state index contributed by atoms with van der Waals surface area (Å²) >= 11 is 0. The second-order valence-corrected chi connectivity index (χ2v) is 4.16. The Bertz CT molecular complexity index is 381. The molecule has 0 bridgehead atoms. The molecule has 4 nitrogen and oxygen atoms in total. The van der Waals surface area contributed by atoms with Crippen LogP contribution < -0.4 is 0 Å². The van der Waals surface area contributed by atoms with Gasteiger partial charge in [0.1, 0.15) is 0 Å². The molecular formula is C14H18O4. The Labute approximate surface area is 107 Å². The van der Waals surface area contributed by atoms with Gasteiger partial charge in [0.2, 0.25) is 0 Å². The normalized spacial score (nSPS) is 13.6. The number of ether oxygens (including phenoxy) is 2. The van der Waals surface area contributed by atoms with Gasteiger partial charge >= 0.3 is 11.9 Å². The van der Waals surface area contributed by atoms with Gasteiger partial charge in [0.05, 0.1) is 26.1 Å². The summed E-state index contributed by atoms with van der Waals surface area (Å²) in [5.41, 5.74) is 1.73. The van der Waals surface area contributed by atoms with Crippen molar-refractivity contribution in [2.24, 2.45) is 0 Å². The highest BCUT2D eigenvalue weighted by Crippen LogP contribution is 2.21. The van der Waals surface area contributed by atoms with E-state index in [4.69, 9.17) is 0 Å². The van der Waals surface area contributed by atoms with Crippen molar-refractivity contribution < 1.29 is 19.1 Å². The first-order chi connectivity index (χ1) is 8.51. The van der Waals surface area contributed by atoms with Crippen molar-refractivity contribution in [3.63, 3.8) is 0 Å². The number of hydrogen-bond donors (Lipinski definition) is 0. The van der Waals surface area contributed by atoms with Crippen LogP contribution >= 0.6 is 0 Å². The fourth-order valence-corrected chi connectivity index (χ4v) is 1.70. The third-order valence-electron chi connectivity index (χ3n) is 3.05. The molecule has 2 unspecified atom stereocenters. The van der Waals surface area contributed by atoms with Crippen molar-refractivity contribution in [3.05, 3.63) is 35.4 Å². The second kappa shape index (κ2) is 6.19. The topological polar surface area (TPSA) is 52.6 Å². The minimum absolute atomic E-state index is 0.274. The van der Waals surface area contributed by atoms with Gasteiger partial charge in [0.15, 0.2) is 0 Å². The molecule has 0 aromatic heterocycles. The molecule has 0 saturated carbocycles. The first-order valence-corrected chi connectivity index (χ1v) is 5.76. The largest absolute Gasteiger partial charge is 0.469 e. The SMILES string of the molecule is COC(=O)C(C)c1ccc(C(C)C(=O)OC)cc1. The van der Waals surface area contributed by atoms with Crippen molar-refractivity contribution in [2.75, 3.05) is 14.2 Å². The van der Waals surface area contributed by atoms with Gasteiger partial charge in [-0.1, -0.05) is 24.3 Å². The lowest BCUT2D eigenvalue weighted by Gasteiger charge is -2.12. The molecule has 18 heavy (non-hydrogen) atoms. The first-order valence-electron chi connectivity index (χ1n) is 5.76. The maximum absolute atomic E-state index is 11.4. The van der Waals surface area contributed by atoms with Gasteiger partial charge in [-0.2, -0.15) is 0 Å². The summed E-state index contributed by atoms with van der Waals surface area (Å²) in [5.74, 6) is -1.16. The quantitative estimate of drug-likeness (QED) is 0.769. The summed E-state index contributed by atoms with van der Waals surface area (Å²) in [7, 11) is 2.74. The molecule has 4 heteroatoms. The summed E-state index contributed by atoms with van der Waals surface area (Å²) in [6.07, 6.45) is 0. The Morgan fingerprint density at radius 1 is 0.833 bits per heavy atom. The molecule has 1 aromatic carbocycles. The van der Waals surface area contributed by atoms with E-state index in [1.807, 2.05) is 24.3 Å². The molecular weight excluding hydrogens is 232 g/mol. The van der Waals surface area contributed by atoms with E-state index in [-0.39, 0.29) is 23.8 Å². The highest BCUT2D eigenvalue weighted by atomic mass is 16.5. The monoisotopic (exact) mass is 250 g/mol. The number of carbonyl (C=O) groups is 2. The van der Waals surface area contributed by atoms with Gasteiger partial charge in [0.25, 0.3) is 0 Å². The van der Waals surface area contributed by atoms with E-state index in [1.165, 1.54) is 14.2 Å². The molecule has 0 N–H and O–H groups in total.